The molecule has 0 bridgehead atoms. The van der Waals surface area contributed by atoms with Crippen LogP contribution in [0.25, 0.3) is 0 Å². The summed E-state index contributed by atoms with van der Waals surface area (Å²) in [5.41, 5.74) is 1.12. The van der Waals surface area contributed by atoms with Gasteiger partial charge in [-0.05, 0) is 50.9 Å². The summed E-state index contributed by atoms with van der Waals surface area (Å²) in [6.45, 7) is 2.40. The monoisotopic (exact) mass is 519 g/mol. The molecule has 1 N–H and O–H groups in total. The third-order valence-corrected chi connectivity index (χ3v) is 6.25. The highest BCUT2D eigenvalue weighted by Crippen LogP contribution is 2.23. The maximum atomic E-state index is 13.5. The van der Waals surface area contributed by atoms with Crippen LogP contribution in [0.4, 0.5) is 23.2 Å². The molecule has 4 rings (SSSR count). The summed E-state index contributed by atoms with van der Waals surface area (Å²) in [5, 5.41) is 6.31. The molecule has 1 saturated heterocycles. The van der Waals surface area contributed by atoms with Crippen molar-refractivity contribution in [2.75, 3.05) is 25.0 Å². The Morgan fingerprint density at radius 1 is 1.14 bits per heavy atom. The molecule has 196 valence electrons. The number of Topliss-reactive ketones (excluding diaryl/α,β-unsaturated/α-hetero) is 1. The van der Waals surface area contributed by atoms with Crippen LogP contribution in [0.1, 0.15) is 57.3 Å². The molecular formula is C25H25F4N5O3. The number of amides is 1. The Morgan fingerprint density at radius 3 is 2.54 bits per heavy atom. The van der Waals surface area contributed by atoms with Crippen molar-refractivity contribution in [3.63, 3.8) is 0 Å². The van der Waals surface area contributed by atoms with Crippen molar-refractivity contribution in [2.45, 2.75) is 39.0 Å². The molecule has 3 heterocycles. The minimum absolute atomic E-state index is 0.0610. The summed E-state index contributed by atoms with van der Waals surface area (Å²) >= 11 is 0. The first-order valence-electron chi connectivity index (χ1n) is 11.8. The number of aromatic nitrogens is 3. The number of carbonyl (C=O) groups is 2. The second-order valence-electron chi connectivity index (χ2n) is 8.98. The third-order valence-electron chi connectivity index (χ3n) is 6.25. The van der Waals surface area contributed by atoms with Gasteiger partial charge in [0, 0.05) is 24.4 Å². The first-order valence-corrected chi connectivity index (χ1v) is 11.8. The fourth-order valence-corrected chi connectivity index (χ4v) is 4.29. The molecule has 1 aliphatic heterocycles. The van der Waals surface area contributed by atoms with E-state index in [1.807, 2.05) is 0 Å². The Morgan fingerprint density at radius 2 is 1.89 bits per heavy atom. The number of piperidine rings is 1. The van der Waals surface area contributed by atoms with Crippen molar-refractivity contribution < 1.29 is 31.7 Å². The number of rotatable bonds is 9. The lowest BCUT2D eigenvalue weighted by atomic mass is 9.91. The fourth-order valence-electron chi connectivity index (χ4n) is 4.29. The van der Waals surface area contributed by atoms with Gasteiger partial charge in [0.1, 0.15) is 11.3 Å². The molecule has 0 aliphatic carbocycles. The SMILES string of the molecule is Cc1noc(Cc2cnc(C(=O)CC3CCN(CC(F)F)CC3)cn2)c1C(=O)Nc1ccc(F)c(F)c1. The normalized spacial score (nSPS) is 14.8. The first-order chi connectivity index (χ1) is 17.7. The summed E-state index contributed by atoms with van der Waals surface area (Å²) in [7, 11) is 0. The number of benzene rings is 1. The fraction of sp³-hybridized carbons (Fsp3) is 0.400. The van der Waals surface area contributed by atoms with Gasteiger partial charge in [-0.2, -0.15) is 0 Å². The predicted octanol–water partition coefficient (Wildman–Crippen LogP) is 4.44. The van der Waals surface area contributed by atoms with Crippen molar-refractivity contribution in [2.24, 2.45) is 5.92 Å². The van der Waals surface area contributed by atoms with Crippen LogP contribution in [0.3, 0.4) is 0 Å². The molecule has 2 aromatic heterocycles. The molecule has 1 aromatic carbocycles. The van der Waals surface area contributed by atoms with E-state index in [9.17, 15) is 27.2 Å². The smallest absolute Gasteiger partial charge is 0.261 e. The molecule has 8 nitrogen and oxygen atoms in total. The van der Waals surface area contributed by atoms with E-state index in [1.165, 1.54) is 18.5 Å². The van der Waals surface area contributed by atoms with Crippen LogP contribution in [0.5, 0.6) is 0 Å². The highest BCUT2D eigenvalue weighted by molar-refractivity contribution is 6.05. The van der Waals surface area contributed by atoms with E-state index < -0.39 is 24.0 Å². The summed E-state index contributed by atoms with van der Waals surface area (Å²) in [6, 6.07) is 3.00. The lowest BCUT2D eigenvalue weighted by Gasteiger charge is -2.31. The van der Waals surface area contributed by atoms with Crippen LogP contribution in [0, 0.1) is 24.5 Å². The summed E-state index contributed by atoms with van der Waals surface area (Å²) in [4.78, 5) is 35.6. The number of hydrogen-bond donors (Lipinski definition) is 1. The van der Waals surface area contributed by atoms with Gasteiger partial charge in [0.15, 0.2) is 23.2 Å². The molecule has 1 amide bonds. The van der Waals surface area contributed by atoms with Crippen molar-refractivity contribution in [3.8, 4) is 0 Å². The summed E-state index contributed by atoms with van der Waals surface area (Å²) in [6.07, 6.45) is 2.07. The van der Waals surface area contributed by atoms with Gasteiger partial charge in [-0.25, -0.2) is 22.5 Å². The molecule has 1 fully saturated rings. The standard InChI is InChI=1S/C25H25F4N5O3/c1-14-24(25(36)32-16-2-3-18(26)19(27)9-16)22(37-33-14)10-17-11-31-20(12-30-17)21(35)8-15-4-6-34(7-5-15)13-23(28)29/h2-3,9,11-12,15,23H,4-8,10,13H2,1H3,(H,32,36). The van der Waals surface area contributed by atoms with Crippen molar-refractivity contribution in [1.82, 2.24) is 20.0 Å². The second-order valence-corrected chi connectivity index (χ2v) is 8.98. The number of ketones is 1. The zero-order valence-corrected chi connectivity index (χ0v) is 20.0. The lowest BCUT2D eigenvalue weighted by Crippen LogP contribution is -2.37. The van der Waals surface area contributed by atoms with Gasteiger partial charge in [0.05, 0.1) is 30.6 Å². The molecule has 0 radical (unpaired) electrons. The summed E-state index contributed by atoms with van der Waals surface area (Å²) in [5.74, 6) is -2.61. The van der Waals surface area contributed by atoms with Gasteiger partial charge < -0.3 is 9.84 Å². The summed E-state index contributed by atoms with van der Waals surface area (Å²) < 4.78 is 57.0. The van der Waals surface area contributed by atoms with Crippen molar-refractivity contribution in [1.29, 1.82) is 0 Å². The number of nitrogens with zero attached hydrogens (tertiary/aromatic N) is 4. The topological polar surface area (TPSA) is 101 Å². The number of hydrogen-bond acceptors (Lipinski definition) is 7. The van der Waals surface area contributed by atoms with Crippen LogP contribution < -0.4 is 5.32 Å². The quantitative estimate of drug-likeness (QED) is 0.329. The van der Waals surface area contributed by atoms with E-state index in [1.54, 1.807) is 11.8 Å². The molecule has 3 aromatic rings. The number of carbonyl (C=O) groups excluding carboxylic acids is 2. The van der Waals surface area contributed by atoms with Gasteiger partial charge in [0.25, 0.3) is 12.3 Å². The van der Waals surface area contributed by atoms with Crippen molar-refractivity contribution in [3.05, 3.63) is 70.6 Å². The number of alkyl halides is 2. The molecule has 0 unspecified atom stereocenters. The van der Waals surface area contributed by atoms with E-state index in [0.29, 0.717) is 37.3 Å². The number of anilines is 1. The Kier molecular flexibility index (Phi) is 8.27. The number of likely N-dealkylation sites (tertiary alicyclic amines) is 1. The van der Waals surface area contributed by atoms with E-state index in [2.05, 4.69) is 20.4 Å². The average molecular weight is 519 g/mol. The second kappa shape index (κ2) is 11.6. The zero-order chi connectivity index (χ0) is 26.5. The van der Waals surface area contributed by atoms with E-state index in [-0.39, 0.29) is 53.8 Å². The minimum atomic E-state index is -2.36. The van der Waals surface area contributed by atoms with Crippen LogP contribution >= 0.6 is 0 Å². The van der Waals surface area contributed by atoms with Crippen LogP contribution in [0.2, 0.25) is 0 Å². The van der Waals surface area contributed by atoms with E-state index >= 15 is 0 Å². The van der Waals surface area contributed by atoms with Crippen LogP contribution in [-0.2, 0) is 6.42 Å². The Balaban J connectivity index is 1.36. The van der Waals surface area contributed by atoms with E-state index in [4.69, 9.17) is 4.52 Å². The Hall–Kier alpha value is -3.67. The molecule has 0 atom stereocenters. The minimum Gasteiger partial charge on any atom is -0.360 e. The van der Waals surface area contributed by atoms with Gasteiger partial charge in [-0.1, -0.05) is 5.16 Å². The maximum absolute atomic E-state index is 13.5. The molecular weight excluding hydrogens is 494 g/mol. The van der Waals surface area contributed by atoms with Gasteiger partial charge >= 0.3 is 0 Å². The number of aryl methyl sites for hydroxylation is 1. The lowest BCUT2D eigenvalue weighted by molar-refractivity contribution is 0.0655. The Labute approximate surface area is 210 Å². The number of nitrogens with one attached hydrogen (secondary N) is 1. The van der Waals surface area contributed by atoms with Gasteiger partial charge in [-0.15, -0.1) is 0 Å². The first kappa shape index (κ1) is 26.4. The highest BCUT2D eigenvalue weighted by atomic mass is 19.3. The van der Waals surface area contributed by atoms with Crippen LogP contribution in [-0.4, -0.2) is 57.8 Å². The van der Waals surface area contributed by atoms with Gasteiger partial charge in [-0.3, -0.25) is 19.5 Å². The zero-order valence-electron chi connectivity index (χ0n) is 20.0. The maximum Gasteiger partial charge on any atom is 0.261 e. The van der Waals surface area contributed by atoms with Crippen LogP contribution in [0.15, 0.2) is 35.1 Å². The predicted molar refractivity (Wildman–Crippen MR) is 125 cm³/mol. The molecule has 12 heteroatoms. The molecule has 0 saturated carbocycles. The highest BCUT2D eigenvalue weighted by Gasteiger charge is 2.25. The molecule has 37 heavy (non-hydrogen) atoms. The Bertz CT molecular complexity index is 1260. The number of halogens is 4. The molecule has 0 spiro atoms. The molecule has 1 aliphatic rings. The van der Waals surface area contributed by atoms with Gasteiger partial charge in [0.2, 0.25) is 0 Å². The van der Waals surface area contributed by atoms with E-state index in [0.717, 1.165) is 12.1 Å². The third kappa shape index (κ3) is 6.76. The largest absolute Gasteiger partial charge is 0.360 e. The van der Waals surface area contributed by atoms with Crippen molar-refractivity contribution >= 4 is 17.4 Å². The average Bonchev–Trinajstić information content (AvgIpc) is 3.22.